The molecule has 0 unspecified atom stereocenters. The van der Waals surface area contributed by atoms with Crippen LogP contribution in [0.2, 0.25) is 5.02 Å². The van der Waals surface area contributed by atoms with Crippen LogP contribution in [0.1, 0.15) is 36.8 Å². The highest BCUT2D eigenvalue weighted by Gasteiger charge is 2.23. The number of rotatable bonds is 6. The fourth-order valence-corrected chi connectivity index (χ4v) is 3.72. The lowest BCUT2D eigenvalue weighted by atomic mass is 10.0. The molecule has 0 spiro atoms. The molecule has 28 heavy (non-hydrogen) atoms. The largest absolute Gasteiger partial charge is 0.303 e. The number of likely N-dealkylation sites (N-methyl/N-ethyl adjacent to an activating group) is 1. The molecule has 144 valence electrons. The maximum absolute atomic E-state index is 6.34. The molecule has 4 rings (SSSR count). The highest BCUT2D eigenvalue weighted by atomic mass is 35.5. The van der Waals surface area contributed by atoms with Gasteiger partial charge in [-0.3, -0.25) is 14.5 Å². The van der Waals surface area contributed by atoms with Gasteiger partial charge in [0.1, 0.15) is 12.4 Å². The molecule has 0 N–H and O–H groups in total. The van der Waals surface area contributed by atoms with Crippen molar-refractivity contribution in [3.05, 3.63) is 70.5 Å². The number of hydrogen-bond acceptors (Lipinski definition) is 5. The average molecular weight is 395 g/mol. The molecule has 0 radical (unpaired) electrons. The van der Waals surface area contributed by atoms with E-state index >= 15 is 0 Å². The van der Waals surface area contributed by atoms with Crippen molar-refractivity contribution in [2.75, 3.05) is 19.6 Å². The standard InChI is InChI=1S/C21H23ClN6/c1-3-27(4-2)12-10-19-25-26-20-14-24-21(17-7-5-6-11-23-17)16-13-15(22)8-9-18(16)28(19)20/h5-9,11,13H,3-4,10,12,14H2,1-2H3. The van der Waals surface area contributed by atoms with Gasteiger partial charge in [-0.25, -0.2) is 0 Å². The molecule has 1 aromatic carbocycles. The van der Waals surface area contributed by atoms with Gasteiger partial charge in [-0.05, 0) is 43.4 Å². The Kier molecular flexibility index (Phi) is 5.50. The summed E-state index contributed by atoms with van der Waals surface area (Å²) in [4.78, 5) is 11.7. The topological polar surface area (TPSA) is 59.2 Å². The Labute approximate surface area is 169 Å². The molecule has 0 saturated heterocycles. The minimum Gasteiger partial charge on any atom is -0.303 e. The van der Waals surface area contributed by atoms with Crippen LogP contribution < -0.4 is 0 Å². The van der Waals surface area contributed by atoms with E-state index in [0.717, 1.165) is 60.4 Å². The summed E-state index contributed by atoms with van der Waals surface area (Å²) in [5.74, 6) is 1.78. The molecule has 2 aromatic heterocycles. The highest BCUT2D eigenvalue weighted by molar-refractivity contribution is 6.31. The van der Waals surface area contributed by atoms with E-state index in [2.05, 4.69) is 38.5 Å². The first kappa shape index (κ1) is 18.8. The molecule has 0 saturated carbocycles. The highest BCUT2D eigenvalue weighted by Crippen LogP contribution is 2.28. The van der Waals surface area contributed by atoms with Crippen LogP contribution in [0.5, 0.6) is 0 Å². The molecule has 1 aliphatic rings. The van der Waals surface area contributed by atoms with Crippen LogP contribution in [0.15, 0.2) is 47.6 Å². The van der Waals surface area contributed by atoms with E-state index in [-0.39, 0.29) is 0 Å². The van der Waals surface area contributed by atoms with Crippen LogP contribution in [-0.4, -0.2) is 50.0 Å². The summed E-state index contributed by atoms with van der Waals surface area (Å²) in [5.41, 5.74) is 3.61. The molecule has 6 nitrogen and oxygen atoms in total. The van der Waals surface area contributed by atoms with Gasteiger partial charge >= 0.3 is 0 Å². The number of fused-ring (bicyclic) bond motifs is 3. The zero-order valence-corrected chi connectivity index (χ0v) is 16.9. The second-order valence-electron chi connectivity index (χ2n) is 6.69. The van der Waals surface area contributed by atoms with E-state index in [1.54, 1.807) is 6.20 Å². The van der Waals surface area contributed by atoms with Gasteiger partial charge in [0, 0.05) is 29.7 Å². The van der Waals surface area contributed by atoms with Crippen molar-refractivity contribution < 1.29 is 0 Å². The van der Waals surface area contributed by atoms with Gasteiger partial charge in [0.25, 0.3) is 0 Å². The zero-order valence-electron chi connectivity index (χ0n) is 16.1. The second-order valence-corrected chi connectivity index (χ2v) is 7.12. The van der Waals surface area contributed by atoms with Crippen LogP contribution in [0.3, 0.4) is 0 Å². The van der Waals surface area contributed by atoms with Crippen molar-refractivity contribution in [1.29, 1.82) is 0 Å². The summed E-state index contributed by atoms with van der Waals surface area (Å²) in [6, 6.07) is 11.7. The van der Waals surface area contributed by atoms with Gasteiger partial charge in [0.2, 0.25) is 0 Å². The molecule has 3 aromatic rings. The predicted octanol–water partition coefficient (Wildman–Crippen LogP) is 3.55. The minimum absolute atomic E-state index is 0.455. The summed E-state index contributed by atoms with van der Waals surface area (Å²) in [5, 5.41) is 9.57. The number of nitrogens with zero attached hydrogens (tertiary/aromatic N) is 6. The van der Waals surface area contributed by atoms with Gasteiger partial charge in [-0.2, -0.15) is 0 Å². The lowest BCUT2D eigenvalue weighted by Crippen LogP contribution is -2.26. The molecule has 0 bridgehead atoms. The first-order chi connectivity index (χ1) is 13.7. The monoisotopic (exact) mass is 394 g/mol. The van der Waals surface area contributed by atoms with Crippen molar-refractivity contribution in [3.63, 3.8) is 0 Å². The van der Waals surface area contributed by atoms with Gasteiger partial charge < -0.3 is 4.90 Å². The predicted molar refractivity (Wildman–Crippen MR) is 111 cm³/mol. The molecule has 0 fully saturated rings. The second kappa shape index (κ2) is 8.20. The third-order valence-corrected chi connectivity index (χ3v) is 5.32. The number of hydrogen-bond donors (Lipinski definition) is 0. The molecule has 0 aliphatic carbocycles. The van der Waals surface area contributed by atoms with Crippen molar-refractivity contribution in [2.24, 2.45) is 4.99 Å². The average Bonchev–Trinajstić information content (AvgIpc) is 3.05. The number of aliphatic imine (C=N–C) groups is 1. The third-order valence-electron chi connectivity index (χ3n) is 5.08. The minimum atomic E-state index is 0.455. The molecule has 7 heteroatoms. The Morgan fingerprint density at radius 2 is 1.96 bits per heavy atom. The van der Waals surface area contributed by atoms with Crippen LogP contribution in [0.25, 0.3) is 5.69 Å². The summed E-state index contributed by atoms with van der Waals surface area (Å²) in [7, 11) is 0. The Morgan fingerprint density at radius 3 is 2.71 bits per heavy atom. The molecule has 3 heterocycles. The van der Waals surface area contributed by atoms with Gasteiger partial charge in [0.15, 0.2) is 5.82 Å². The molecule has 1 aliphatic heterocycles. The van der Waals surface area contributed by atoms with Crippen molar-refractivity contribution in [2.45, 2.75) is 26.8 Å². The third kappa shape index (κ3) is 3.57. The number of halogens is 1. The normalized spacial score (nSPS) is 13.1. The molecule has 0 amide bonds. The van der Waals surface area contributed by atoms with E-state index in [0.29, 0.717) is 11.6 Å². The van der Waals surface area contributed by atoms with Crippen molar-refractivity contribution in [3.8, 4) is 5.69 Å². The Balaban J connectivity index is 1.79. The molecule has 0 atom stereocenters. The van der Waals surface area contributed by atoms with Crippen molar-refractivity contribution >= 4 is 17.3 Å². The summed E-state index contributed by atoms with van der Waals surface area (Å²) in [6.45, 7) is 7.81. The van der Waals surface area contributed by atoms with Gasteiger partial charge in [-0.15, -0.1) is 10.2 Å². The molecular formula is C21H23ClN6. The maximum atomic E-state index is 6.34. The van der Waals surface area contributed by atoms with Crippen molar-refractivity contribution in [1.82, 2.24) is 24.6 Å². The molecular weight excluding hydrogens is 372 g/mol. The van der Waals surface area contributed by atoms with E-state index in [1.807, 2.05) is 36.4 Å². The fraction of sp³-hybridized carbons (Fsp3) is 0.333. The summed E-state index contributed by atoms with van der Waals surface area (Å²) >= 11 is 6.34. The number of aromatic nitrogens is 4. The van der Waals surface area contributed by atoms with E-state index in [1.165, 1.54) is 0 Å². The van der Waals surface area contributed by atoms with Crippen LogP contribution in [-0.2, 0) is 13.0 Å². The van der Waals surface area contributed by atoms with Crippen LogP contribution >= 0.6 is 11.6 Å². The summed E-state index contributed by atoms with van der Waals surface area (Å²) < 4.78 is 2.13. The lowest BCUT2D eigenvalue weighted by Gasteiger charge is -2.18. The number of benzene rings is 1. The fourth-order valence-electron chi connectivity index (χ4n) is 3.54. The van der Waals surface area contributed by atoms with E-state index in [9.17, 15) is 0 Å². The number of pyridine rings is 1. The van der Waals surface area contributed by atoms with E-state index in [4.69, 9.17) is 16.6 Å². The Morgan fingerprint density at radius 1 is 1.11 bits per heavy atom. The zero-order chi connectivity index (χ0) is 19.5. The lowest BCUT2D eigenvalue weighted by molar-refractivity contribution is 0.305. The first-order valence-corrected chi connectivity index (χ1v) is 10.0. The quantitative estimate of drug-likeness (QED) is 0.641. The van der Waals surface area contributed by atoms with Crippen LogP contribution in [0, 0.1) is 0 Å². The Bertz CT molecular complexity index is 991. The first-order valence-electron chi connectivity index (χ1n) is 9.63. The maximum Gasteiger partial charge on any atom is 0.159 e. The SMILES string of the molecule is CCN(CC)CCc1nnc2n1-c1ccc(Cl)cc1C(c1ccccn1)=NC2. The van der Waals surface area contributed by atoms with Gasteiger partial charge in [-0.1, -0.05) is 31.5 Å². The smallest absolute Gasteiger partial charge is 0.159 e. The van der Waals surface area contributed by atoms with E-state index < -0.39 is 0 Å². The summed E-state index contributed by atoms with van der Waals surface area (Å²) in [6.07, 6.45) is 2.61. The Hall–Kier alpha value is -2.57. The van der Waals surface area contributed by atoms with Gasteiger partial charge in [0.05, 0.1) is 17.1 Å². The van der Waals surface area contributed by atoms with Crippen LogP contribution in [0.4, 0.5) is 0 Å².